The molecule has 0 radical (unpaired) electrons. The minimum absolute atomic E-state index is 0.0123. The van der Waals surface area contributed by atoms with Gasteiger partial charge in [0.05, 0.1) is 12.4 Å². The van der Waals surface area contributed by atoms with Crippen molar-refractivity contribution >= 4 is 41.1 Å². The quantitative estimate of drug-likeness (QED) is 0.0844. The highest BCUT2D eigenvalue weighted by atomic mass is 32.2. The number of hydrogen-bond donors (Lipinski definition) is 2. The van der Waals surface area contributed by atoms with Crippen molar-refractivity contribution < 1.29 is 19.1 Å². The molecule has 5 rings (SSSR count). The maximum absolute atomic E-state index is 13.5. The first-order valence-corrected chi connectivity index (χ1v) is 15.5. The molecule has 0 fully saturated rings. The minimum atomic E-state index is -0.482. The lowest BCUT2D eigenvalue weighted by atomic mass is 10.0. The molecule has 0 saturated carbocycles. The van der Waals surface area contributed by atoms with Gasteiger partial charge in [0, 0.05) is 21.7 Å². The highest BCUT2D eigenvalue weighted by Crippen LogP contribution is 2.25. The first kappa shape index (κ1) is 31.0. The number of ketones is 1. The molecule has 224 valence electrons. The zero-order valence-electron chi connectivity index (χ0n) is 24.7. The Morgan fingerprint density at radius 1 is 0.711 bits per heavy atom. The molecule has 5 aromatic carbocycles. The maximum Gasteiger partial charge on any atom is 0.272 e. The van der Waals surface area contributed by atoms with E-state index in [2.05, 4.69) is 10.6 Å². The zero-order valence-corrected chi connectivity index (χ0v) is 25.6. The van der Waals surface area contributed by atoms with Crippen molar-refractivity contribution in [3.8, 4) is 16.9 Å². The Bertz CT molecular complexity index is 1790. The molecule has 0 bridgehead atoms. The zero-order chi connectivity index (χ0) is 31.4. The summed E-state index contributed by atoms with van der Waals surface area (Å²) in [6.07, 6.45) is 1.62. The Morgan fingerprint density at radius 2 is 1.38 bits per heavy atom. The second kappa shape index (κ2) is 15.4. The number of Topliss-reactive ketones (excluding diaryl/α,β-unsaturated/α-hetero) is 1. The van der Waals surface area contributed by atoms with Crippen LogP contribution in [-0.4, -0.2) is 30.0 Å². The van der Waals surface area contributed by atoms with Crippen LogP contribution >= 0.6 is 11.8 Å². The predicted molar refractivity (Wildman–Crippen MR) is 182 cm³/mol. The van der Waals surface area contributed by atoms with Gasteiger partial charge in [0.2, 0.25) is 0 Å². The maximum atomic E-state index is 13.5. The molecule has 45 heavy (non-hydrogen) atoms. The van der Waals surface area contributed by atoms with Gasteiger partial charge in [-0.3, -0.25) is 14.4 Å². The number of anilines is 1. The largest absolute Gasteiger partial charge is 0.494 e. The Kier molecular flexibility index (Phi) is 10.6. The van der Waals surface area contributed by atoms with Crippen LogP contribution in [0.5, 0.6) is 5.75 Å². The molecule has 7 heteroatoms. The first-order valence-electron chi connectivity index (χ1n) is 14.5. The van der Waals surface area contributed by atoms with Crippen molar-refractivity contribution in [3.63, 3.8) is 0 Å². The smallest absolute Gasteiger partial charge is 0.272 e. The van der Waals surface area contributed by atoms with Gasteiger partial charge in [-0.15, -0.1) is 11.8 Å². The van der Waals surface area contributed by atoms with E-state index in [1.165, 1.54) is 11.8 Å². The molecule has 5 aromatic rings. The standard InChI is InChI=1S/C38H32N2O4S/c1-2-44-33-22-16-27(17-23-33)24-35(40-37(42)31-12-7-4-8-13-31)38(43)39-32-14-9-15-34(25-32)45-26-36(41)30-20-18-29(19-21-30)28-10-5-3-6-11-28/h3-25H,2,26H2,1H3,(H,39,43)(H,40,42)/b35-24-. The molecule has 0 heterocycles. The number of rotatable bonds is 12. The molecule has 0 atom stereocenters. The molecule has 0 unspecified atom stereocenters. The molecule has 0 aromatic heterocycles. The van der Waals surface area contributed by atoms with Crippen molar-refractivity contribution in [2.45, 2.75) is 11.8 Å². The molecule has 0 aliphatic heterocycles. The van der Waals surface area contributed by atoms with Crippen LogP contribution in [0, 0.1) is 0 Å². The van der Waals surface area contributed by atoms with E-state index in [9.17, 15) is 14.4 Å². The molecule has 2 amide bonds. The number of hydrogen-bond acceptors (Lipinski definition) is 5. The lowest BCUT2D eigenvalue weighted by Gasteiger charge is -2.12. The topological polar surface area (TPSA) is 84.5 Å². The van der Waals surface area contributed by atoms with Gasteiger partial charge in [0.25, 0.3) is 11.8 Å². The average molecular weight is 613 g/mol. The van der Waals surface area contributed by atoms with Crippen LogP contribution in [-0.2, 0) is 4.79 Å². The van der Waals surface area contributed by atoms with E-state index in [4.69, 9.17) is 4.74 Å². The van der Waals surface area contributed by atoms with E-state index in [0.717, 1.165) is 21.6 Å². The Hall–Kier alpha value is -5.40. The van der Waals surface area contributed by atoms with Gasteiger partial charge in [-0.2, -0.15) is 0 Å². The summed E-state index contributed by atoms with van der Waals surface area (Å²) in [5, 5.41) is 5.65. The number of thioether (sulfide) groups is 1. The second-order valence-corrected chi connectivity index (χ2v) is 11.1. The van der Waals surface area contributed by atoms with Gasteiger partial charge in [-0.05, 0) is 72.2 Å². The third kappa shape index (κ3) is 8.81. The van der Waals surface area contributed by atoms with Crippen molar-refractivity contribution in [2.75, 3.05) is 17.7 Å². The van der Waals surface area contributed by atoms with Gasteiger partial charge in [0.1, 0.15) is 11.4 Å². The molecule has 2 N–H and O–H groups in total. The Morgan fingerprint density at radius 3 is 2.07 bits per heavy atom. The van der Waals surface area contributed by atoms with Crippen LogP contribution in [0.3, 0.4) is 0 Å². The number of carbonyl (C=O) groups excluding carboxylic acids is 3. The van der Waals surface area contributed by atoms with E-state index in [1.807, 2.05) is 110 Å². The summed E-state index contributed by atoms with van der Waals surface area (Å²) in [5.41, 5.74) is 4.57. The number of nitrogens with one attached hydrogen (secondary N) is 2. The monoisotopic (exact) mass is 612 g/mol. The summed E-state index contributed by atoms with van der Waals surface area (Å²) < 4.78 is 5.51. The van der Waals surface area contributed by atoms with Crippen LogP contribution in [0.25, 0.3) is 17.2 Å². The van der Waals surface area contributed by atoms with Crippen LogP contribution in [0.2, 0.25) is 0 Å². The summed E-state index contributed by atoms with van der Waals surface area (Å²) >= 11 is 1.39. The number of amides is 2. The van der Waals surface area contributed by atoms with E-state index < -0.39 is 11.8 Å². The van der Waals surface area contributed by atoms with E-state index in [-0.39, 0.29) is 17.2 Å². The Balaban J connectivity index is 1.26. The van der Waals surface area contributed by atoms with Gasteiger partial charge in [0.15, 0.2) is 5.78 Å². The number of carbonyl (C=O) groups is 3. The summed E-state index contributed by atoms with van der Waals surface area (Å²) in [6.45, 7) is 2.45. The third-order valence-corrected chi connectivity index (χ3v) is 7.80. The summed E-state index contributed by atoms with van der Waals surface area (Å²) in [6, 6.07) is 40.9. The fourth-order valence-electron chi connectivity index (χ4n) is 4.51. The molecular formula is C38H32N2O4S. The van der Waals surface area contributed by atoms with Crippen molar-refractivity contribution in [3.05, 3.63) is 156 Å². The predicted octanol–water partition coefficient (Wildman–Crippen LogP) is 8.14. The normalized spacial score (nSPS) is 11.0. The lowest BCUT2D eigenvalue weighted by Crippen LogP contribution is -2.30. The first-order chi connectivity index (χ1) is 22.0. The Labute approximate surface area is 267 Å². The van der Waals surface area contributed by atoms with Crippen LogP contribution in [0.15, 0.2) is 144 Å². The van der Waals surface area contributed by atoms with Crippen LogP contribution in [0.4, 0.5) is 5.69 Å². The van der Waals surface area contributed by atoms with Crippen molar-refractivity contribution in [2.24, 2.45) is 0 Å². The van der Waals surface area contributed by atoms with E-state index in [1.54, 1.807) is 36.4 Å². The molecule has 0 saturated heterocycles. The van der Waals surface area contributed by atoms with Crippen molar-refractivity contribution in [1.29, 1.82) is 0 Å². The molecule has 0 spiro atoms. The van der Waals surface area contributed by atoms with Gasteiger partial charge < -0.3 is 15.4 Å². The van der Waals surface area contributed by atoms with Gasteiger partial charge >= 0.3 is 0 Å². The number of ether oxygens (including phenoxy) is 1. The fourth-order valence-corrected chi connectivity index (χ4v) is 5.36. The van der Waals surface area contributed by atoms with E-state index in [0.29, 0.717) is 29.2 Å². The third-order valence-electron chi connectivity index (χ3n) is 6.81. The van der Waals surface area contributed by atoms with Crippen LogP contribution < -0.4 is 15.4 Å². The van der Waals surface area contributed by atoms with Gasteiger partial charge in [-0.25, -0.2) is 0 Å². The van der Waals surface area contributed by atoms with E-state index >= 15 is 0 Å². The highest BCUT2D eigenvalue weighted by Gasteiger charge is 2.16. The average Bonchev–Trinajstić information content (AvgIpc) is 3.09. The number of benzene rings is 5. The van der Waals surface area contributed by atoms with Crippen molar-refractivity contribution in [1.82, 2.24) is 5.32 Å². The summed E-state index contributed by atoms with van der Waals surface area (Å²) in [4.78, 5) is 40.2. The fraction of sp³-hybridized carbons (Fsp3) is 0.0789. The summed E-state index contributed by atoms with van der Waals surface area (Å²) in [5.74, 6) is 0.0923. The lowest BCUT2D eigenvalue weighted by molar-refractivity contribution is -0.113. The second-order valence-electron chi connectivity index (χ2n) is 10.0. The van der Waals surface area contributed by atoms with Gasteiger partial charge in [-0.1, -0.05) is 91.0 Å². The highest BCUT2D eigenvalue weighted by molar-refractivity contribution is 8.00. The minimum Gasteiger partial charge on any atom is -0.494 e. The SMILES string of the molecule is CCOc1ccc(/C=C(\NC(=O)c2ccccc2)C(=O)Nc2cccc(SCC(=O)c3ccc(-c4ccccc4)cc3)c2)cc1. The molecule has 6 nitrogen and oxygen atoms in total. The molecule has 0 aliphatic carbocycles. The molecule has 0 aliphatic rings. The van der Waals surface area contributed by atoms with Crippen LogP contribution in [0.1, 0.15) is 33.2 Å². The molecular weight excluding hydrogens is 580 g/mol. The summed E-state index contributed by atoms with van der Waals surface area (Å²) in [7, 11) is 0.